The van der Waals surface area contributed by atoms with E-state index in [0.29, 0.717) is 19.6 Å². The zero-order valence-electron chi connectivity index (χ0n) is 11.9. The number of ether oxygens (including phenoxy) is 1. The summed E-state index contributed by atoms with van der Waals surface area (Å²) in [4.78, 5) is 12.0. The third-order valence-corrected chi connectivity index (χ3v) is 4.77. The molecule has 0 saturated carbocycles. The average molecular weight is 361 g/mol. The van der Waals surface area contributed by atoms with Crippen LogP contribution in [0, 0.1) is 0 Å². The second-order valence-electron chi connectivity index (χ2n) is 5.11. The molecule has 1 aliphatic rings. The van der Waals surface area contributed by atoms with E-state index in [2.05, 4.69) is 16.0 Å². The first-order valence-corrected chi connectivity index (χ1v) is 8.21. The van der Waals surface area contributed by atoms with Gasteiger partial charge in [0.1, 0.15) is 0 Å². The minimum absolute atomic E-state index is 0. The Hall–Kier alpha value is -0.850. The Morgan fingerprint density at radius 3 is 3.14 bits per heavy atom. The Morgan fingerprint density at radius 2 is 2.36 bits per heavy atom. The topological polar surface area (TPSA) is 50.4 Å². The second-order valence-corrected chi connectivity index (χ2v) is 6.46. The molecule has 2 heterocycles. The van der Waals surface area contributed by atoms with Crippen LogP contribution in [-0.2, 0) is 16.1 Å². The highest BCUT2D eigenvalue weighted by molar-refractivity contribution is 7.17. The Labute approximate surface area is 144 Å². The molecule has 1 fully saturated rings. The lowest BCUT2D eigenvalue weighted by Crippen LogP contribution is -2.44. The number of carbonyl (C=O) groups excluding carboxylic acids is 1. The first-order chi connectivity index (χ1) is 10.2. The molecular weight excluding hydrogens is 343 g/mol. The molecule has 22 heavy (non-hydrogen) atoms. The van der Waals surface area contributed by atoms with Crippen LogP contribution in [0.5, 0.6) is 0 Å². The van der Waals surface area contributed by atoms with Crippen molar-refractivity contribution in [3.8, 4) is 0 Å². The number of benzene rings is 1. The Morgan fingerprint density at radius 1 is 1.50 bits per heavy atom. The minimum Gasteiger partial charge on any atom is -0.378 e. The summed E-state index contributed by atoms with van der Waals surface area (Å²) in [5, 5.41) is 10.2. The maximum Gasteiger partial charge on any atom is 0.221 e. The van der Waals surface area contributed by atoms with E-state index in [-0.39, 0.29) is 24.4 Å². The van der Waals surface area contributed by atoms with Gasteiger partial charge in [-0.15, -0.1) is 23.7 Å². The number of hydrogen-bond donors (Lipinski definition) is 2. The summed E-state index contributed by atoms with van der Waals surface area (Å²) in [5.74, 6) is 0.0411. The van der Waals surface area contributed by atoms with E-state index in [4.69, 9.17) is 16.3 Å². The first kappa shape index (κ1) is 17.5. The standard InChI is InChI=1S/C15H17ClN2O2S.ClH/c16-11-1-2-14-13(5-11)10(9-21-14)7-18-15(19)6-12-8-20-4-3-17-12;/h1-2,5,9,12,17H,3-4,6-8H2,(H,18,19);1H. The van der Waals surface area contributed by atoms with Crippen molar-refractivity contribution in [2.45, 2.75) is 19.0 Å². The summed E-state index contributed by atoms with van der Waals surface area (Å²) in [6.45, 7) is 2.67. The molecule has 120 valence electrons. The number of halogens is 2. The molecule has 1 unspecified atom stereocenters. The van der Waals surface area contributed by atoms with E-state index in [0.717, 1.165) is 29.1 Å². The molecule has 7 heteroatoms. The molecule has 3 rings (SSSR count). The molecule has 0 spiro atoms. The number of carbonyl (C=O) groups is 1. The average Bonchev–Trinajstić information content (AvgIpc) is 2.88. The molecule has 2 aromatic rings. The molecule has 1 aromatic carbocycles. The maximum atomic E-state index is 12.0. The second kappa shape index (κ2) is 8.13. The highest BCUT2D eigenvalue weighted by Crippen LogP contribution is 2.28. The molecule has 1 aromatic heterocycles. The van der Waals surface area contributed by atoms with Crippen molar-refractivity contribution >= 4 is 51.3 Å². The van der Waals surface area contributed by atoms with Crippen molar-refractivity contribution in [1.29, 1.82) is 0 Å². The van der Waals surface area contributed by atoms with E-state index in [9.17, 15) is 4.79 Å². The lowest BCUT2D eigenvalue weighted by Gasteiger charge is -2.23. The molecule has 0 bridgehead atoms. The van der Waals surface area contributed by atoms with Gasteiger partial charge in [0.05, 0.1) is 13.2 Å². The molecule has 0 radical (unpaired) electrons. The first-order valence-electron chi connectivity index (χ1n) is 6.96. The van der Waals surface area contributed by atoms with Gasteiger partial charge in [0, 0.05) is 35.3 Å². The van der Waals surface area contributed by atoms with E-state index in [1.807, 2.05) is 18.2 Å². The number of morpholine rings is 1. The molecule has 0 aliphatic carbocycles. The molecule has 1 saturated heterocycles. The molecule has 2 N–H and O–H groups in total. The summed E-state index contributed by atoms with van der Waals surface area (Å²) < 4.78 is 6.53. The van der Waals surface area contributed by atoms with Crippen molar-refractivity contribution in [2.24, 2.45) is 0 Å². The van der Waals surface area contributed by atoms with Crippen LogP contribution in [0.3, 0.4) is 0 Å². The van der Waals surface area contributed by atoms with E-state index in [1.165, 1.54) is 4.70 Å². The van der Waals surface area contributed by atoms with E-state index < -0.39 is 0 Å². The van der Waals surface area contributed by atoms with Crippen molar-refractivity contribution in [2.75, 3.05) is 19.8 Å². The Bertz CT molecular complexity index is 642. The predicted molar refractivity (Wildman–Crippen MR) is 93.2 cm³/mol. The number of rotatable bonds is 4. The number of hydrogen-bond acceptors (Lipinski definition) is 4. The van der Waals surface area contributed by atoms with Crippen LogP contribution in [0.25, 0.3) is 10.1 Å². The fraction of sp³-hybridized carbons (Fsp3) is 0.400. The quantitative estimate of drug-likeness (QED) is 0.880. The van der Waals surface area contributed by atoms with Gasteiger partial charge in [0.15, 0.2) is 0 Å². The van der Waals surface area contributed by atoms with Crippen molar-refractivity contribution in [3.63, 3.8) is 0 Å². The SMILES string of the molecule is Cl.O=C(CC1COCCN1)NCc1csc2ccc(Cl)cc12. The van der Waals surface area contributed by atoms with Crippen LogP contribution in [0.2, 0.25) is 5.02 Å². The monoisotopic (exact) mass is 360 g/mol. The van der Waals surface area contributed by atoms with Crippen LogP contribution in [0.4, 0.5) is 0 Å². The van der Waals surface area contributed by atoms with Crippen LogP contribution in [0.15, 0.2) is 23.6 Å². The van der Waals surface area contributed by atoms with Gasteiger partial charge in [-0.25, -0.2) is 0 Å². The molecule has 4 nitrogen and oxygen atoms in total. The highest BCUT2D eigenvalue weighted by atomic mass is 35.5. The van der Waals surface area contributed by atoms with Crippen molar-refractivity contribution < 1.29 is 9.53 Å². The van der Waals surface area contributed by atoms with Crippen molar-refractivity contribution in [1.82, 2.24) is 10.6 Å². The zero-order chi connectivity index (χ0) is 14.7. The van der Waals surface area contributed by atoms with Gasteiger partial charge in [-0.3, -0.25) is 4.79 Å². The van der Waals surface area contributed by atoms with E-state index in [1.54, 1.807) is 11.3 Å². The van der Waals surface area contributed by atoms with Gasteiger partial charge in [-0.05, 0) is 34.5 Å². The zero-order valence-corrected chi connectivity index (χ0v) is 14.3. The fourth-order valence-corrected chi connectivity index (χ4v) is 3.55. The van der Waals surface area contributed by atoms with Crippen LogP contribution < -0.4 is 10.6 Å². The van der Waals surface area contributed by atoms with Crippen LogP contribution in [-0.4, -0.2) is 31.7 Å². The largest absolute Gasteiger partial charge is 0.378 e. The van der Waals surface area contributed by atoms with E-state index >= 15 is 0 Å². The van der Waals surface area contributed by atoms with Gasteiger partial charge < -0.3 is 15.4 Å². The molecule has 1 amide bonds. The number of nitrogens with one attached hydrogen (secondary N) is 2. The highest BCUT2D eigenvalue weighted by Gasteiger charge is 2.16. The summed E-state index contributed by atoms with van der Waals surface area (Å²) in [6, 6.07) is 5.97. The van der Waals surface area contributed by atoms with Gasteiger partial charge in [0.25, 0.3) is 0 Å². The normalized spacial score (nSPS) is 18.0. The smallest absolute Gasteiger partial charge is 0.221 e. The molecule has 1 aliphatic heterocycles. The third-order valence-electron chi connectivity index (χ3n) is 3.52. The molecule has 1 atom stereocenters. The fourth-order valence-electron chi connectivity index (χ4n) is 2.43. The Kier molecular flexibility index (Phi) is 6.47. The third kappa shape index (κ3) is 4.33. The summed E-state index contributed by atoms with van der Waals surface area (Å²) in [6.07, 6.45) is 0.447. The Balaban J connectivity index is 0.00000176. The lowest BCUT2D eigenvalue weighted by atomic mass is 10.1. The minimum atomic E-state index is 0. The van der Waals surface area contributed by atoms with Crippen LogP contribution in [0.1, 0.15) is 12.0 Å². The summed E-state index contributed by atoms with van der Waals surface area (Å²) in [5.41, 5.74) is 1.11. The predicted octanol–water partition coefficient (Wildman–Crippen LogP) is 2.97. The van der Waals surface area contributed by atoms with Gasteiger partial charge >= 0.3 is 0 Å². The number of fused-ring (bicyclic) bond motifs is 1. The molecular formula is C15H18Cl2N2O2S. The number of amides is 1. The van der Waals surface area contributed by atoms with Crippen molar-refractivity contribution in [3.05, 3.63) is 34.2 Å². The summed E-state index contributed by atoms with van der Waals surface area (Å²) >= 11 is 7.70. The van der Waals surface area contributed by atoms with Gasteiger partial charge in [0.2, 0.25) is 5.91 Å². The number of thiophene rings is 1. The maximum absolute atomic E-state index is 12.0. The van der Waals surface area contributed by atoms with Gasteiger partial charge in [-0.2, -0.15) is 0 Å². The lowest BCUT2D eigenvalue weighted by molar-refractivity contribution is -0.122. The summed E-state index contributed by atoms with van der Waals surface area (Å²) in [7, 11) is 0. The van der Waals surface area contributed by atoms with Crippen LogP contribution >= 0.6 is 35.3 Å². The van der Waals surface area contributed by atoms with Gasteiger partial charge in [-0.1, -0.05) is 11.6 Å².